The molecular formula is C26H20N8O2. The quantitative estimate of drug-likeness (QED) is 0.291. The SMILES string of the molecule is Cc1ccc(CC(=O)Nc2cccc3cc(C(=O)Nc4ccc(C#N)cc4-c4nnn[nH]4)[nH]c23)cc1. The number of nitrogens with one attached hydrogen (secondary N) is 4. The van der Waals surface area contributed by atoms with Gasteiger partial charge < -0.3 is 15.6 Å². The second kappa shape index (κ2) is 9.52. The molecule has 3 aromatic carbocycles. The number of aryl methyl sites for hydroxylation is 1. The van der Waals surface area contributed by atoms with Gasteiger partial charge in [0.25, 0.3) is 5.91 Å². The lowest BCUT2D eigenvalue weighted by molar-refractivity contribution is -0.115. The van der Waals surface area contributed by atoms with Gasteiger partial charge in [-0.1, -0.05) is 42.0 Å². The van der Waals surface area contributed by atoms with E-state index in [1.165, 1.54) is 0 Å². The van der Waals surface area contributed by atoms with E-state index in [1.54, 1.807) is 30.3 Å². The first-order chi connectivity index (χ1) is 17.5. The second-order valence-electron chi connectivity index (χ2n) is 8.24. The first kappa shape index (κ1) is 22.5. The van der Waals surface area contributed by atoms with Crippen LogP contribution in [0, 0.1) is 18.3 Å². The number of H-pyrrole nitrogens is 2. The van der Waals surface area contributed by atoms with Gasteiger partial charge in [-0.2, -0.15) is 5.26 Å². The lowest BCUT2D eigenvalue weighted by Crippen LogP contribution is -2.15. The number of rotatable bonds is 6. The van der Waals surface area contributed by atoms with Gasteiger partial charge >= 0.3 is 0 Å². The van der Waals surface area contributed by atoms with E-state index in [9.17, 15) is 14.9 Å². The summed E-state index contributed by atoms with van der Waals surface area (Å²) in [6, 6.07) is 21.8. The highest BCUT2D eigenvalue weighted by atomic mass is 16.2. The van der Waals surface area contributed by atoms with Gasteiger partial charge in [-0.3, -0.25) is 9.59 Å². The topological polar surface area (TPSA) is 152 Å². The molecule has 0 aliphatic rings. The molecule has 0 unspecified atom stereocenters. The zero-order valence-corrected chi connectivity index (χ0v) is 19.2. The Kier molecular flexibility index (Phi) is 5.95. The first-order valence-electron chi connectivity index (χ1n) is 11.1. The molecule has 0 spiro atoms. The highest BCUT2D eigenvalue weighted by Gasteiger charge is 2.17. The van der Waals surface area contributed by atoms with Gasteiger partial charge in [0.15, 0.2) is 5.82 Å². The van der Waals surface area contributed by atoms with Crippen molar-refractivity contribution in [3.8, 4) is 17.5 Å². The molecule has 0 aliphatic carbocycles. The third-order valence-corrected chi connectivity index (χ3v) is 5.66. The van der Waals surface area contributed by atoms with E-state index in [2.05, 4.69) is 42.3 Å². The van der Waals surface area contributed by atoms with Crippen LogP contribution >= 0.6 is 0 Å². The van der Waals surface area contributed by atoms with Gasteiger partial charge in [-0.15, -0.1) is 5.10 Å². The number of anilines is 2. The fraction of sp³-hybridized carbons (Fsp3) is 0.0769. The van der Waals surface area contributed by atoms with Gasteiger partial charge in [0.1, 0.15) is 5.69 Å². The van der Waals surface area contributed by atoms with Crippen LogP contribution in [0.15, 0.2) is 66.7 Å². The third kappa shape index (κ3) is 4.67. The molecule has 2 amide bonds. The lowest BCUT2D eigenvalue weighted by atomic mass is 10.1. The Morgan fingerprint density at radius 1 is 1.00 bits per heavy atom. The van der Waals surface area contributed by atoms with Crippen molar-refractivity contribution in [1.29, 1.82) is 5.26 Å². The Hall–Kier alpha value is -5.30. The zero-order valence-electron chi connectivity index (χ0n) is 19.2. The predicted molar refractivity (Wildman–Crippen MR) is 134 cm³/mol. The Bertz CT molecular complexity index is 1610. The van der Waals surface area contributed by atoms with Crippen LogP contribution in [-0.2, 0) is 11.2 Å². The van der Waals surface area contributed by atoms with Crippen LogP contribution in [0.2, 0.25) is 0 Å². The van der Waals surface area contributed by atoms with Crippen LogP contribution in [0.3, 0.4) is 0 Å². The Balaban J connectivity index is 1.38. The van der Waals surface area contributed by atoms with Crippen LogP contribution in [-0.4, -0.2) is 37.4 Å². The molecule has 4 N–H and O–H groups in total. The number of carbonyl (C=O) groups excluding carboxylic acids is 2. The van der Waals surface area contributed by atoms with Gasteiger partial charge in [0.2, 0.25) is 5.91 Å². The second-order valence-corrected chi connectivity index (χ2v) is 8.24. The number of nitrogens with zero attached hydrogens (tertiary/aromatic N) is 4. The first-order valence-corrected chi connectivity index (χ1v) is 11.1. The molecule has 2 aromatic heterocycles. The smallest absolute Gasteiger partial charge is 0.272 e. The van der Waals surface area contributed by atoms with Crippen molar-refractivity contribution in [1.82, 2.24) is 25.6 Å². The van der Waals surface area contributed by atoms with Crippen molar-refractivity contribution >= 4 is 34.1 Å². The van der Waals surface area contributed by atoms with Crippen molar-refractivity contribution in [2.75, 3.05) is 10.6 Å². The number of amides is 2. The van der Waals surface area contributed by atoms with Crippen LogP contribution in [0.4, 0.5) is 11.4 Å². The summed E-state index contributed by atoms with van der Waals surface area (Å²) in [4.78, 5) is 28.9. The molecule has 0 aliphatic heterocycles. The largest absolute Gasteiger partial charge is 0.349 e. The molecule has 10 nitrogen and oxygen atoms in total. The molecule has 5 aromatic rings. The molecule has 5 rings (SSSR count). The van der Waals surface area contributed by atoms with Crippen LogP contribution in [0.5, 0.6) is 0 Å². The lowest BCUT2D eigenvalue weighted by Gasteiger charge is -2.09. The Morgan fingerprint density at radius 2 is 1.83 bits per heavy atom. The van der Waals surface area contributed by atoms with Crippen LogP contribution < -0.4 is 10.6 Å². The molecular weight excluding hydrogens is 456 g/mol. The highest BCUT2D eigenvalue weighted by molar-refractivity contribution is 6.09. The molecule has 0 saturated heterocycles. The minimum atomic E-state index is -0.401. The summed E-state index contributed by atoms with van der Waals surface area (Å²) in [6.07, 6.45) is 0.239. The van der Waals surface area contributed by atoms with E-state index < -0.39 is 5.91 Å². The van der Waals surface area contributed by atoms with Crippen molar-refractivity contribution in [3.05, 3.63) is 89.1 Å². The average molecular weight is 477 g/mol. The monoisotopic (exact) mass is 476 g/mol. The summed E-state index contributed by atoms with van der Waals surface area (Å²) in [5, 5.41) is 29.4. The van der Waals surface area contributed by atoms with E-state index in [0.717, 1.165) is 16.5 Å². The minimum absolute atomic E-state index is 0.158. The molecule has 36 heavy (non-hydrogen) atoms. The summed E-state index contributed by atoms with van der Waals surface area (Å²) in [6.45, 7) is 2.00. The standard InChI is InChI=1S/C26H20N8O2/c1-15-5-7-16(8-6-15)12-23(35)28-21-4-2-3-18-13-22(29-24(18)21)26(36)30-20-10-9-17(14-27)11-19(20)25-31-33-34-32-25/h2-11,13,29H,12H2,1H3,(H,28,35)(H,30,36)(H,31,32,33,34). The number of benzene rings is 3. The average Bonchev–Trinajstić information content (AvgIpc) is 3.57. The van der Waals surface area contributed by atoms with Gasteiger partial charge in [-0.05, 0) is 53.2 Å². The number of hydrogen-bond acceptors (Lipinski definition) is 6. The Labute approximate surface area is 205 Å². The molecule has 0 fully saturated rings. The number of carbonyl (C=O) groups is 2. The van der Waals surface area contributed by atoms with E-state index >= 15 is 0 Å². The van der Waals surface area contributed by atoms with E-state index in [0.29, 0.717) is 39.5 Å². The summed E-state index contributed by atoms with van der Waals surface area (Å²) in [5.74, 6) is -0.242. The maximum Gasteiger partial charge on any atom is 0.272 e. The molecule has 0 bridgehead atoms. The normalized spacial score (nSPS) is 10.7. The maximum absolute atomic E-state index is 13.1. The molecule has 10 heteroatoms. The number of nitriles is 1. The summed E-state index contributed by atoms with van der Waals surface area (Å²) >= 11 is 0. The number of aromatic amines is 2. The summed E-state index contributed by atoms with van der Waals surface area (Å²) in [7, 11) is 0. The van der Waals surface area contributed by atoms with Crippen molar-refractivity contribution in [2.24, 2.45) is 0 Å². The van der Waals surface area contributed by atoms with Gasteiger partial charge in [0, 0.05) is 10.9 Å². The summed E-state index contributed by atoms with van der Waals surface area (Å²) < 4.78 is 0. The Morgan fingerprint density at radius 3 is 2.58 bits per heavy atom. The van der Waals surface area contributed by atoms with Crippen LogP contribution in [0.1, 0.15) is 27.2 Å². The molecule has 176 valence electrons. The number of tetrazole rings is 1. The summed E-state index contributed by atoms with van der Waals surface area (Å²) in [5.41, 5.74) is 4.88. The number of para-hydroxylation sites is 1. The molecule has 0 atom stereocenters. The van der Waals surface area contributed by atoms with E-state index in [-0.39, 0.29) is 12.3 Å². The van der Waals surface area contributed by atoms with Crippen molar-refractivity contribution in [2.45, 2.75) is 13.3 Å². The van der Waals surface area contributed by atoms with Gasteiger partial charge in [-0.25, -0.2) is 5.10 Å². The fourth-order valence-corrected chi connectivity index (χ4v) is 3.85. The number of aromatic nitrogens is 5. The highest BCUT2D eigenvalue weighted by Crippen LogP contribution is 2.28. The van der Waals surface area contributed by atoms with Crippen molar-refractivity contribution < 1.29 is 9.59 Å². The molecule has 2 heterocycles. The zero-order chi connectivity index (χ0) is 25.1. The minimum Gasteiger partial charge on any atom is -0.349 e. The van der Waals surface area contributed by atoms with Crippen molar-refractivity contribution in [3.63, 3.8) is 0 Å². The fourth-order valence-electron chi connectivity index (χ4n) is 3.85. The van der Waals surface area contributed by atoms with E-state index in [1.807, 2.05) is 43.3 Å². The third-order valence-electron chi connectivity index (χ3n) is 5.66. The number of fused-ring (bicyclic) bond motifs is 1. The van der Waals surface area contributed by atoms with Crippen LogP contribution in [0.25, 0.3) is 22.3 Å². The number of hydrogen-bond donors (Lipinski definition) is 4. The van der Waals surface area contributed by atoms with Gasteiger partial charge in [0.05, 0.1) is 34.9 Å². The predicted octanol–water partition coefficient (Wildman–Crippen LogP) is 3.96. The molecule has 0 saturated carbocycles. The molecule has 0 radical (unpaired) electrons. The maximum atomic E-state index is 13.1. The van der Waals surface area contributed by atoms with E-state index in [4.69, 9.17) is 0 Å².